The zero-order valence-corrected chi connectivity index (χ0v) is 16.7. The Balaban J connectivity index is 1.34. The fourth-order valence-corrected chi connectivity index (χ4v) is 3.99. The van der Waals surface area contributed by atoms with Crippen molar-refractivity contribution in [2.24, 2.45) is 0 Å². The van der Waals surface area contributed by atoms with Crippen LogP contribution in [0.2, 0.25) is 0 Å². The number of fused-ring (bicyclic) bond motifs is 2. The fourth-order valence-electron chi connectivity index (χ4n) is 3.99. The largest absolute Gasteiger partial charge is 0.420 e. The van der Waals surface area contributed by atoms with Gasteiger partial charge in [0.2, 0.25) is 5.91 Å². The molecule has 2 aromatic carbocycles. The van der Waals surface area contributed by atoms with Gasteiger partial charge in [-0.3, -0.25) is 9.36 Å². The van der Waals surface area contributed by atoms with Crippen LogP contribution in [0.15, 0.2) is 63.9 Å². The minimum absolute atomic E-state index is 0.283. The summed E-state index contributed by atoms with van der Waals surface area (Å²) in [7, 11) is 0. The quantitative estimate of drug-likeness (QED) is 0.559. The molecule has 5 rings (SSSR count). The highest BCUT2D eigenvalue weighted by Gasteiger charge is 2.21. The van der Waals surface area contributed by atoms with Gasteiger partial charge in [-0.15, -0.1) is 0 Å². The molecule has 0 saturated carbocycles. The van der Waals surface area contributed by atoms with Crippen molar-refractivity contribution < 1.29 is 9.21 Å². The Labute approximate surface area is 173 Å². The molecule has 0 radical (unpaired) electrons. The predicted octanol–water partition coefficient (Wildman–Crippen LogP) is 3.99. The first-order valence-electron chi connectivity index (χ1n) is 10.2. The maximum Gasteiger partial charge on any atom is 0.420 e. The number of carbonyl (C=O) groups is 1. The van der Waals surface area contributed by atoms with Crippen LogP contribution in [0.1, 0.15) is 31.6 Å². The number of benzene rings is 2. The van der Waals surface area contributed by atoms with Crippen LogP contribution in [0.25, 0.3) is 22.4 Å². The summed E-state index contributed by atoms with van der Waals surface area (Å²) in [4.78, 5) is 29.7. The smallest absolute Gasteiger partial charge is 0.408 e. The molecule has 7 heteroatoms. The summed E-state index contributed by atoms with van der Waals surface area (Å²) in [6, 6.07) is 14.0. The van der Waals surface area contributed by atoms with Crippen molar-refractivity contribution in [3.05, 3.63) is 71.1 Å². The van der Waals surface area contributed by atoms with E-state index in [4.69, 9.17) is 9.40 Å². The lowest BCUT2D eigenvalue weighted by Crippen LogP contribution is -2.29. The van der Waals surface area contributed by atoms with Crippen LogP contribution in [0.5, 0.6) is 0 Å². The molecule has 4 aromatic rings. The van der Waals surface area contributed by atoms with Crippen LogP contribution >= 0.6 is 0 Å². The lowest BCUT2D eigenvalue weighted by Gasteiger charge is -2.13. The molecule has 0 spiro atoms. The van der Waals surface area contributed by atoms with E-state index in [1.807, 2.05) is 30.3 Å². The maximum absolute atomic E-state index is 12.8. The Morgan fingerprint density at radius 2 is 1.93 bits per heavy atom. The summed E-state index contributed by atoms with van der Waals surface area (Å²) in [5.41, 5.74) is 3.70. The molecule has 0 fully saturated rings. The molecule has 152 valence electrons. The molecule has 0 bridgehead atoms. The minimum Gasteiger partial charge on any atom is -0.408 e. The van der Waals surface area contributed by atoms with E-state index in [1.165, 1.54) is 17.4 Å². The number of nitrogens with zero attached hydrogens (tertiary/aromatic N) is 3. The molecule has 1 aliphatic rings. The van der Waals surface area contributed by atoms with Gasteiger partial charge in [-0.2, -0.15) is 0 Å². The van der Waals surface area contributed by atoms with Crippen LogP contribution in [-0.4, -0.2) is 20.0 Å². The van der Waals surface area contributed by atoms with Gasteiger partial charge in [0.1, 0.15) is 11.9 Å². The normalized spacial score (nSPS) is 14.4. The third kappa shape index (κ3) is 3.22. The molecule has 1 aliphatic heterocycles. The number of hydrogen-bond donors (Lipinski definition) is 1. The highest BCUT2D eigenvalue weighted by Crippen LogP contribution is 2.24. The van der Waals surface area contributed by atoms with E-state index in [0.29, 0.717) is 16.8 Å². The van der Waals surface area contributed by atoms with E-state index in [2.05, 4.69) is 16.1 Å². The van der Waals surface area contributed by atoms with Crippen LogP contribution in [0.3, 0.4) is 0 Å². The number of aromatic nitrogens is 3. The zero-order valence-electron chi connectivity index (χ0n) is 16.7. The van der Waals surface area contributed by atoms with Gasteiger partial charge in [-0.05, 0) is 44.0 Å². The number of amides is 1. The molecular weight excluding hydrogens is 380 g/mol. The summed E-state index contributed by atoms with van der Waals surface area (Å²) in [6.07, 6.45) is 5.50. The number of oxazole rings is 1. The molecule has 2 aromatic heterocycles. The van der Waals surface area contributed by atoms with Gasteiger partial charge >= 0.3 is 5.76 Å². The van der Waals surface area contributed by atoms with Gasteiger partial charge < -0.3 is 14.3 Å². The van der Waals surface area contributed by atoms with Crippen LogP contribution in [0.4, 0.5) is 5.69 Å². The van der Waals surface area contributed by atoms with Crippen LogP contribution in [-0.2, 0) is 17.8 Å². The Kier molecular flexibility index (Phi) is 4.50. The summed E-state index contributed by atoms with van der Waals surface area (Å²) in [6.45, 7) is 2.71. The number of anilines is 1. The van der Waals surface area contributed by atoms with Crippen molar-refractivity contribution in [2.45, 2.75) is 38.8 Å². The molecular formula is C23H22N4O3. The second kappa shape index (κ2) is 7.33. The van der Waals surface area contributed by atoms with Crippen molar-refractivity contribution in [3.63, 3.8) is 0 Å². The van der Waals surface area contributed by atoms with Crippen LogP contribution in [0, 0.1) is 0 Å². The van der Waals surface area contributed by atoms with E-state index >= 15 is 0 Å². The van der Waals surface area contributed by atoms with E-state index in [1.54, 1.807) is 25.1 Å². The molecule has 1 amide bonds. The highest BCUT2D eigenvalue weighted by atomic mass is 16.4. The molecule has 1 N–H and O–H groups in total. The number of nitrogens with one attached hydrogen (secondary N) is 1. The summed E-state index contributed by atoms with van der Waals surface area (Å²) in [5, 5.41) is 2.88. The average molecular weight is 402 g/mol. The van der Waals surface area contributed by atoms with Gasteiger partial charge in [0.15, 0.2) is 5.58 Å². The Morgan fingerprint density at radius 1 is 1.13 bits per heavy atom. The number of imidazole rings is 1. The Hall–Kier alpha value is -3.61. The van der Waals surface area contributed by atoms with Gasteiger partial charge in [0, 0.05) is 30.4 Å². The number of carbonyl (C=O) groups excluding carboxylic acids is 1. The van der Waals surface area contributed by atoms with Crippen molar-refractivity contribution in [3.8, 4) is 11.3 Å². The SMILES string of the molecule is CC(C(=O)Nc1ccc(-c2cn3c(n2)CCCC3)cc1)n1c(=O)oc2ccccc21. The lowest BCUT2D eigenvalue weighted by atomic mass is 10.1. The van der Waals surface area contributed by atoms with Gasteiger partial charge in [0.05, 0.1) is 11.2 Å². The summed E-state index contributed by atoms with van der Waals surface area (Å²) in [5.74, 6) is 0.312. The molecule has 3 heterocycles. The fraction of sp³-hybridized carbons (Fsp3) is 0.261. The van der Waals surface area contributed by atoms with E-state index in [0.717, 1.165) is 30.0 Å². The van der Waals surface area contributed by atoms with E-state index in [-0.39, 0.29) is 5.91 Å². The van der Waals surface area contributed by atoms with Crippen molar-refractivity contribution in [1.29, 1.82) is 0 Å². The Morgan fingerprint density at radius 3 is 2.73 bits per heavy atom. The number of rotatable bonds is 4. The van der Waals surface area contributed by atoms with Crippen molar-refractivity contribution in [1.82, 2.24) is 14.1 Å². The number of aryl methyl sites for hydroxylation is 2. The molecule has 30 heavy (non-hydrogen) atoms. The number of hydrogen-bond acceptors (Lipinski definition) is 4. The third-order valence-corrected chi connectivity index (χ3v) is 5.64. The first-order valence-corrected chi connectivity index (χ1v) is 10.2. The summed E-state index contributed by atoms with van der Waals surface area (Å²) < 4.78 is 8.83. The minimum atomic E-state index is -0.708. The summed E-state index contributed by atoms with van der Waals surface area (Å²) >= 11 is 0. The molecule has 7 nitrogen and oxygen atoms in total. The standard InChI is InChI=1S/C23H22N4O3/c1-15(27-19-6-2-3-7-20(19)30-23(27)29)22(28)24-17-11-9-16(10-12-17)18-14-26-13-5-4-8-21(26)25-18/h2-3,6-7,9-12,14-15H,4-5,8,13H2,1H3,(H,24,28). The monoisotopic (exact) mass is 402 g/mol. The molecule has 0 saturated heterocycles. The topological polar surface area (TPSA) is 82.1 Å². The van der Waals surface area contributed by atoms with E-state index in [9.17, 15) is 9.59 Å². The third-order valence-electron chi connectivity index (χ3n) is 5.64. The van der Waals surface area contributed by atoms with Gasteiger partial charge in [-0.25, -0.2) is 9.78 Å². The lowest BCUT2D eigenvalue weighted by molar-refractivity contribution is -0.118. The second-order valence-electron chi connectivity index (χ2n) is 7.64. The van der Waals surface area contributed by atoms with Crippen molar-refractivity contribution in [2.75, 3.05) is 5.32 Å². The number of para-hydroxylation sites is 2. The zero-order chi connectivity index (χ0) is 20.7. The molecule has 0 aliphatic carbocycles. The maximum atomic E-state index is 12.8. The second-order valence-corrected chi connectivity index (χ2v) is 7.64. The van der Waals surface area contributed by atoms with Gasteiger partial charge in [-0.1, -0.05) is 24.3 Å². The van der Waals surface area contributed by atoms with Crippen LogP contribution < -0.4 is 11.1 Å². The van der Waals surface area contributed by atoms with E-state index < -0.39 is 11.8 Å². The Bertz CT molecular complexity index is 1260. The first kappa shape index (κ1) is 18.4. The first-order chi connectivity index (χ1) is 14.6. The predicted molar refractivity (Wildman–Crippen MR) is 114 cm³/mol. The molecule has 1 atom stereocenters. The molecule has 1 unspecified atom stereocenters. The average Bonchev–Trinajstić information content (AvgIpc) is 3.34. The highest BCUT2D eigenvalue weighted by molar-refractivity contribution is 5.94. The van der Waals surface area contributed by atoms with Gasteiger partial charge in [0.25, 0.3) is 0 Å². The van der Waals surface area contributed by atoms with Crippen molar-refractivity contribution >= 4 is 22.7 Å².